The first-order chi connectivity index (χ1) is 10.3. The average Bonchev–Trinajstić information content (AvgIpc) is 2.89. The Hall–Kier alpha value is -2.22. The Labute approximate surface area is 128 Å². The maximum absolute atomic E-state index is 12.6. The first-order valence-electron chi connectivity index (χ1n) is 7.66. The van der Waals surface area contributed by atoms with E-state index in [0.29, 0.717) is 10.8 Å². The third kappa shape index (κ3) is 1.16. The molecule has 0 unspecified atom stereocenters. The van der Waals surface area contributed by atoms with Crippen LogP contribution in [0.4, 0.5) is 0 Å². The summed E-state index contributed by atoms with van der Waals surface area (Å²) in [6, 6.07) is 0. The highest BCUT2D eigenvalue weighted by Crippen LogP contribution is 2.45. The zero-order chi connectivity index (χ0) is 16.1. The van der Waals surface area contributed by atoms with Crippen LogP contribution in [-0.4, -0.2) is 0 Å². The minimum Gasteiger partial charge on any atom is -0.285 e. The molecular formula is C20H18O2. The molecule has 0 radical (unpaired) electrons. The van der Waals surface area contributed by atoms with Gasteiger partial charge in [0.15, 0.2) is 0 Å². The van der Waals surface area contributed by atoms with Crippen LogP contribution >= 0.6 is 0 Å². The highest BCUT2D eigenvalue weighted by atomic mass is 16.2. The monoisotopic (exact) mass is 290 g/mol. The van der Waals surface area contributed by atoms with Crippen molar-refractivity contribution in [1.82, 2.24) is 0 Å². The van der Waals surface area contributed by atoms with E-state index in [-0.39, 0.29) is 10.9 Å². The van der Waals surface area contributed by atoms with Gasteiger partial charge in [0, 0.05) is 16.2 Å². The Morgan fingerprint density at radius 3 is 0.909 bits per heavy atom. The summed E-state index contributed by atoms with van der Waals surface area (Å²) in [5, 5.41) is 5.78. The predicted molar refractivity (Wildman–Crippen MR) is 93.5 cm³/mol. The molecule has 22 heavy (non-hydrogen) atoms. The van der Waals surface area contributed by atoms with Crippen molar-refractivity contribution in [1.29, 1.82) is 0 Å². The van der Waals surface area contributed by atoms with E-state index in [1.165, 1.54) is 21.9 Å². The van der Waals surface area contributed by atoms with Crippen molar-refractivity contribution in [2.75, 3.05) is 0 Å². The summed E-state index contributed by atoms with van der Waals surface area (Å²) in [7, 11) is 0. The molecule has 0 aromatic heterocycles. The molecule has 0 fully saturated rings. The van der Waals surface area contributed by atoms with Gasteiger partial charge < -0.3 is 0 Å². The van der Waals surface area contributed by atoms with E-state index in [0.717, 1.165) is 33.0 Å². The fourth-order valence-corrected chi connectivity index (χ4v) is 4.36. The van der Waals surface area contributed by atoms with E-state index >= 15 is 0 Å². The Balaban J connectivity index is 2.67. The van der Waals surface area contributed by atoms with Crippen LogP contribution in [0.25, 0.3) is 32.3 Å². The van der Waals surface area contributed by atoms with E-state index in [1.807, 2.05) is 13.8 Å². The highest BCUT2D eigenvalue weighted by Gasteiger charge is 2.26. The first-order valence-corrected chi connectivity index (χ1v) is 7.66. The molecule has 0 N–H and O–H groups in total. The van der Waals surface area contributed by atoms with Gasteiger partial charge in [-0.2, -0.15) is 0 Å². The molecule has 2 heteroatoms. The number of hydrogen-bond donors (Lipinski definition) is 0. The van der Waals surface area contributed by atoms with Crippen molar-refractivity contribution >= 4 is 32.3 Å². The van der Waals surface area contributed by atoms with Gasteiger partial charge in [-0.3, -0.25) is 9.59 Å². The Bertz CT molecular complexity index is 1110. The van der Waals surface area contributed by atoms with E-state index in [1.54, 1.807) is 0 Å². The molecule has 0 atom stereocenters. The molecule has 110 valence electrons. The van der Waals surface area contributed by atoms with Gasteiger partial charge in [0.2, 0.25) is 10.9 Å². The van der Waals surface area contributed by atoms with Gasteiger partial charge in [0.1, 0.15) is 0 Å². The number of benzene rings is 2. The summed E-state index contributed by atoms with van der Waals surface area (Å²) in [5.74, 6) is 0. The van der Waals surface area contributed by atoms with Crippen LogP contribution in [-0.2, 0) is 0 Å². The number of hydrogen-bond acceptors (Lipinski definition) is 2. The van der Waals surface area contributed by atoms with Crippen LogP contribution < -0.4 is 10.9 Å². The number of rotatable bonds is 0. The zero-order valence-corrected chi connectivity index (χ0v) is 13.8. The van der Waals surface area contributed by atoms with Crippen molar-refractivity contribution in [2.45, 2.75) is 41.5 Å². The van der Waals surface area contributed by atoms with Crippen molar-refractivity contribution in [2.24, 2.45) is 0 Å². The van der Waals surface area contributed by atoms with Gasteiger partial charge in [0.05, 0.1) is 0 Å². The highest BCUT2D eigenvalue weighted by molar-refractivity contribution is 6.29. The quantitative estimate of drug-likeness (QED) is 0.458. The summed E-state index contributed by atoms with van der Waals surface area (Å²) in [6.07, 6.45) is 0. The normalized spacial score (nSPS) is 12.5. The zero-order valence-electron chi connectivity index (χ0n) is 13.8. The lowest BCUT2D eigenvalue weighted by Gasteiger charge is -2.12. The third-order valence-electron chi connectivity index (χ3n) is 5.85. The number of aryl methyl sites for hydroxylation is 6. The minimum absolute atomic E-state index is 0.330. The molecule has 0 amide bonds. The molecule has 0 aliphatic carbocycles. The third-order valence-corrected chi connectivity index (χ3v) is 5.85. The van der Waals surface area contributed by atoms with E-state index in [2.05, 4.69) is 27.7 Å². The fraction of sp³-hybridized carbons (Fsp3) is 0.300. The molecule has 2 nitrogen and oxygen atoms in total. The molecule has 0 saturated carbocycles. The largest absolute Gasteiger partial charge is 0.285 e. The standard InChI is InChI=1S/C20H18O2/c1-7-8(2)14-10(4)12(6)16-18-15(19(21)20(16)22)11(5)9(3)13(7)17(14)18/h1-6H3. The van der Waals surface area contributed by atoms with Crippen LogP contribution in [0.3, 0.4) is 0 Å². The second kappa shape index (κ2) is 3.75. The van der Waals surface area contributed by atoms with Crippen LogP contribution in [0.2, 0.25) is 0 Å². The van der Waals surface area contributed by atoms with Crippen molar-refractivity contribution in [3.63, 3.8) is 0 Å². The summed E-state index contributed by atoms with van der Waals surface area (Å²) in [6.45, 7) is 12.4. The lowest BCUT2D eigenvalue weighted by molar-refractivity contribution is 1.37. The van der Waals surface area contributed by atoms with Gasteiger partial charge in [0.25, 0.3) is 0 Å². The van der Waals surface area contributed by atoms with Crippen molar-refractivity contribution < 1.29 is 0 Å². The summed E-state index contributed by atoms with van der Waals surface area (Å²) in [4.78, 5) is 25.1. The summed E-state index contributed by atoms with van der Waals surface area (Å²) in [5.41, 5.74) is 6.08. The SMILES string of the molecule is Cc1c(C)c2c(C)c(C)c3c(=O)c(=O)c4c(C)c(C)c1c2c43. The Kier molecular flexibility index (Phi) is 2.29. The molecule has 4 rings (SSSR count). The minimum atomic E-state index is -0.330. The second-order valence-electron chi connectivity index (χ2n) is 6.66. The first kappa shape index (κ1) is 13.4. The molecule has 4 aromatic rings. The van der Waals surface area contributed by atoms with Crippen LogP contribution in [0.5, 0.6) is 0 Å². The van der Waals surface area contributed by atoms with Gasteiger partial charge in [-0.1, -0.05) is 0 Å². The van der Waals surface area contributed by atoms with Crippen LogP contribution in [0.1, 0.15) is 33.4 Å². The molecule has 0 bridgehead atoms. The van der Waals surface area contributed by atoms with Gasteiger partial charge >= 0.3 is 0 Å². The van der Waals surface area contributed by atoms with E-state index in [9.17, 15) is 9.59 Å². The maximum atomic E-state index is 12.6. The second-order valence-corrected chi connectivity index (χ2v) is 6.66. The molecule has 0 aliphatic heterocycles. The lowest BCUT2D eigenvalue weighted by atomic mass is 9.91. The molecule has 0 heterocycles. The molecule has 0 spiro atoms. The van der Waals surface area contributed by atoms with E-state index < -0.39 is 0 Å². The maximum Gasteiger partial charge on any atom is 0.234 e. The molecular weight excluding hydrogens is 272 g/mol. The summed E-state index contributed by atoms with van der Waals surface area (Å²) < 4.78 is 0. The van der Waals surface area contributed by atoms with E-state index in [4.69, 9.17) is 0 Å². The van der Waals surface area contributed by atoms with Crippen LogP contribution in [0.15, 0.2) is 9.59 Å². The summed E-state index contributed by atoms with van der Waals surface area (Å²) >= 11 is 0. The fourth-order valence-electron chi connectivity index (χ4n) is 4.36. The Morgan fingerprint density at radius 2 is 0.591 bits per heavy atom. The van der Waals surface area contributed by atoms with Crippen molar-refractivity contribution in [3.8, 4) is 0 Å². The van der Waals surface area contributed by atoms with Gasteiger partial charge in [-0.05, 0) is 91.1 Å². The van der Waals surface area contributed by atoms with Crippen LogP contribution in [0, 0.1) is 41.5 Å². The van der Waals surface area contributed by atoms with Gasteiger partial charge in [-0.25, -0.2) is 0 Å². The smallest absolute Gasteiger partial charge is 0.234 e. The molecule has 4 aromatic carbocycles. The molecule has 0 aliphatic rings. The molecule has 0 saturated heterocycles. The lowest BCUT2D eigenvalue weighted by Crippen LogP contribution is -2.18. The van der Waals surface area contributed by atoms with Gasteiger partial charge in [-0.15, -0.1) is 0 Å². The van der Waals surface area contributed by atoms with Crippen molar-refractivity contribution in [3.05, 3.63) is 53.8 Å². The Morgan fingerprint density at radius 1 is 0.364 bits per heavy atom. The predicted octanol–water partition coefficient (Wildman–Crippen LogP) is 4.03. The average molecular weight is 290 g/mol. The topological polar surface area (TPSA) is 34.1 Å².